The lowest BCUT2D eigenvalue weighted by Gasteiger charge is -2.17. The number of anilines is 1. The third-order valence-electron chi connectivity index (χ3n) is 4.67. The van der Waals surface area contributed by atoms with Crippen LogP contribution in [0.2, 0.25) is 0 Å². The maximum absolute atomic E-state index is 12.7. The van der Waals surface area contributed by atoms with Crippen molar-refractivity contribution in [2.75, 3.05) is 17.2 Å². The lowest BCUT2D eigenvalue weighted by molar-refractivity contribution is -0.116. The van der Waals surface area contributed by atoms with Gasteiger partial charge in [-0.25, -0.2) is 0 Å². The number of benzene rings is 2. The highest BCUT2D eigenvalue weighted by Crippen LogP contribution is 2.29. The van der Waals surface area contributed by atoms with Crippen LogP contribution >= 0.6 is 23.1 Å². The van der Waals surface area contributed by atoms with E-state index in [1.807, 2.05) is 64.9 Å². The monoisotopic (exact) mass is 408 g/mol. The average Bonchev–Trinajstić information content (AvgIpc) is 3.40. The molecule has 0 aliphatic carbocycles. The largest absolute Gasteiger partial charge is 0.347 e. The number of nitrogens with one attached hydrogen (secondary N) is 1. The van der Waals surface area contributed by atoms with Gasteiger partial charge in [-0.2, -0.15) is 0 Å². The van der Waals surface area contributed by atoms with Crippen molar-refractivity contribution < 1.29 is 9.59 Å². The van der Waals surface area contributed by atoms with Gasteiger partial charge in [-0.15, -0.1) is 23.1 Å². The van der Waals surface area contributed by atoms with Crippen LogP contribution in [0.15, 0.2) is 70.9 Å². The first-order valence-electron chi connectivity index (χ1n) is 9.13. The number of para-hydroxylation sites is 1. The first kappa shape index (κ1) is 18.8. The van der Waals surface area contributed by atoms with Gasteiger partial charge in [0.15, 0.2) is 0 Å². The molecule has 0 bridgehead atoms. The fourth-order valence-corrected chi connectivity index (χ4v) is 4.84. The normalized spacial score (nSPS) is 12.6. The Morgan fingerprint density at radius 2 is 1.86 bits per heavy atom. The topological polar surface area (TPSA) is 49.4 Å². The highest BCUT2D eigenvalue weighted by Gasteiger charge is 2.24. The molecule has 2 heterocycles. The van der Waals surface area contributed by atoms with E-state index < -0.39 is 0 Å². The third kappa shape index (κ3) is 4.13. The predicted molar refractivity (Wildman–Crippen MR) is 115 cm³/mol. The van der Waals surface area contributed by atoms with Gasteiger partial charge in [-0.1, -0.05) is 36.4 Å². The molecular weight excluding hydrogens is 388 g/mol. The van der Waals surface area contributed by atoms with E-state index in [1.165, 1.54) is 17.3 Å². The molecule has 142 valence electrons. The molecule has 1 N–H and O–H groups in total. The number of amides is 2. The van der Waals surface area contributed by atoms with E-state index in [1.54, 1.807) is 11.3 Å². The molecule has 4 nitrogen and oxygen atoms in total. The zero-order valence-corrected chi connectivity index (χ0v) is 16.9. The van der Waals surface area contributed by atoms with Gasteiger partial charge >= 0.3 is 0 Å². The van der Waals surface area contributed by atoms with Crippen molar-refractivity contribution in [1.29, 1.82) is 0 Å². The Kier molecular flexibility index (Phi) is 5.78. The standard InChI is InChI=1S/C22H20N2O2S2/c25-21(24-12-11-16-6-1-3-9-19(16)24)15-28-20-10-4-2-8-18(20)22(26)23-14-17-7-5-13-27-17/h1-10,13H,11-12,14-15H2,(H,23,26). The van der Waals surface area contributed by atoms with Gasteiger partial charge < -0.3 is 10.2 Å². The number of carbonyl (C=O) groups excluding carboxylic acids is 2. The number of nitrogens with zero attached hydrogens (tertiary/aromatic N) is 1. The van der Waals surface area contributed by atoms with E-state index in [9.17, 15) is 9.59 Å². The van der Waals surface area contributed by atoms with E-state index in [0.717, 1.165) is 28.4 Å². The molecule has 0 spiro atoms. The van der Waals surface area contributed by atoms with Crippen LogP contribution in [0.5, 0.6) is 0 Å². The molecule has 1 aromatic heterocycles. The molecular formula is C22H20N2O2S2. The molecule has 28 heavy (non-hydrogen) atoms. The lowest BCUT2D eigenvalue weighted by Crippen LogP contribution is -2.30. The third-order valence-corrected chi connectivity index (χ3v) is 6.61. The summed E-state index contributed by atoms with van der Waals surface area (Å²) in [6, 6.07) is 19.5. The first-order valence-corrected chi connectivity index (χ1v) is 11.0. The maximum atomic E-state index is 12.7. The second-order valence-corrected chi connectivity index (χ2v) is 8.52. The van der Waals surface area contributed by atoms with Gasteiger partial charge in [0.2, 0.25) is 5.91 Å². The van der Waals surface area contributed by atoms with Crippen LogP contribution < -0.4 is 10.2 Å². The zero-order valence-electron chi connectivity index (χ0n) is 15.3. The SMILES string of the molecule is O=C(NCc1cccs1)c1ccccc1SCC(=O)N1CCc2ccccc21. The molecule has 0 saturated heterocycles. The number of fused-ring (bicyclic) bond motifs is 1. The molecule has 0 atom stereocenters. The Morgan fingerprint density at radius 3 is 2.71 bits per heavy atom. The van der Waals surface area contributed by atoms with Gasteiger partial charge in [-0.3, -0.25) is 9.59 Å². The first-order chi connectivity index (χ1) is 13.7. The van der Waals surface area contributed by atoms with Gasteiger partial charge in [0, 0.05) is 22.0 Å². The highest BCUT2D eigenvalue weighted by molar-refractivity contribution is 8.00. The van der Waals surface area contributed by atoms with Crippen molar-refractivity contribution in [3.63, 3.8) is 0 Å². The van der Waals surface area contributed by atoms with E-state index in [0.29, 0.717) is 17.9 Å². The van der Waals surface area contributed by atoms with E-state index in [4.69, 9.17) is 0 Å². The van der Waals surface area contributed by atoms with Crippen LogP contribution in [-0.4, -0.2) is 24.1 Å². The van der Waals surface area contributed by atoms with Crippen molar-refractivity contribution in [1.82, 2.24) is 5.32 Å². The molecule has 2 amide bonds. The summed E-state index contributed by atoms with van der Waals surface area (Å²) >= 11 is 3.04. The second-order valence-electron chi connectivity index (χ2n) is 6.47. The average molecular weight is 409 g/mol. The Morgan fingerprint density at radius 1 is 1.04 bits per heavy atom. The number of hydrogen-bond acceptors (Lipinski definition) is 4. The fourth-order valence-electron chi connectivity index (χ4n) is 3.27. The van der Waals surface area contributed by atoms with E-state index in [2.05, 4.69) is 11.4 Å². The van der Waals surface area contributed by atoms with Crippen LogP contribution in [0.1, 0.15) is 20.8 Å². The maximum Gasteiger partial charge on any atom is 0.252 e. The molecule has 2 aromatic carbocycles. The summed E-state index contributed by atoms with van der Waals surface area (Å²) in [5, 5.41) is 4.95. The fraction of sp³-hybridized carbons (Fsp3) is 0.182. The Hall–Kier alpha value is -2.57. The molecule has 3 aromatic rings. The van der Waals surface area contributed by atoms with Crippen molar-refractivity contribution >= 4 is 40.6 Å². The second kappa shape index (κ2) is 8.63. The molecule has 1 aliphatic rings. The number of hydrogen-bond donors (Lipinski definition) is 1. The molecule has 1 aliphatic heterocycles. The minimum Gasteiger partial charge on any atom is -0.347 e. The zero-order chi connectivity index (χ0) is 19.3. The van der Waals surface area contributed by atoms with E-state index in [-0.39, 0.29) is 11.8 Å². The summed E-state index contributed by atoms with van der Waals surface area (Å²) in [5.41, 5.74) is 2.84. The summed E-state index contributed by atoms with van der Waals surface area (Å²) < 4.78 is 0. The molecule has 0 unspecified atom stereocenters. The lowest BCUT2D eigenvalue weighted by atomic mass is 10.2. The number of thiophene rings is 1. The summed E-state index contributed by atoms with van der Waals surface area (Å²) in [5.74, 6) is 0.267. The van der Waals surface area contributed by atoms with Gasteiger partial charge in [0.25, 0.3) is 5.91 Å². The quantitative estimate of drug-likeness (QED) is 0.617. The smallest absolute Gasteiger partial charge is 0.252 e. The summed E-state index contributed by atoms with van der Waals surface area (Å²) in [4.78, 5) is 29.1. The number of rotatable bonds is 6. The molecule has 6 heteroatoms. The molecule has 0 radical (unpaired) electrons. The van der Waals surface area contributed by atoms with Crippen molar-refractivity contribution in [3.8, 4) is 0 Å². The summed E-state index contributed by atoms with van der Waals surface area (Å²) in [7, 11) is 0. The minimum atomic E-state index is -0.115. The van der Waals surface area contributed by atoms with Crippen LogP contribution in [-0.2, 0) is 17.8 Å². The molecule has 4 rings (SSSR count). The van der Waals surface area contributed by atoms with Crippen molar-refractivity contribution in [2.24, 2.45) is 0 Å². The van der Waals surface area contributed by atoms with Gasteiger partial charge in [0.1, 0.15) is 0 Å². The Balaban J connectivity index is 1.40. The molecule has 0 fully saturated rings. The van der Waals surface area contributed by atoms with E-state index >= 15 is 0 Å². The number of carbonyl (C=O) groups is 2. The van der Waals surface area contributed by atoms with Crippen LogP contribution in [0, 0.1) is 0 Å². The Bertz CT molecular complexity index is 986. The van der Waals surface area contributed by atoms with Crippen LogP contribution in [0.25, 0.3) is 0 Å². The Labute approximate surface area is 172 Å². The summed E-state index contributed by atoms with van der Waals surface area (Å²) in [6.07, 6.45) is 0.897. The van der Waals surface area contributed by atoms with Crippen LogP contribution in [0.3, 0.4) is 0 Å². The highest BCUT2D eigenvalue weighted by atomic mass is 32.2. The minimum absolute atomic E-state index is 0.0729. The van der Waals surface area contributed by atoms with Gasteiger partial charge in [0.05, 0.1) is 17.9 Å². The predicted octanol–water partition coefficient (Wildman–Crippen LogP) is 4.36. The van der Waals surface area contributed by atoms with Crippen molar-refractivity contribution in [2.45, 2.75) is 17.9 Å². The summed E-state index contributed by atoms with van der Waals surface area (Å²) in [6.45, 7) is 1.24. The van der Waals surface area contributed by atoms with Crippen LogP contribution in [0.4, 0.5) is 5.69 Å². The van der Waals surface area contributed by atoms with Crippen molar-refractivity contribution in [3.05, 3.63) is 82.0 Å². The number of thioether (sulfide) groups is 1. The van der Waals surface area contributed by atoms with Gasteiger partial charge in [-0.05, 0) is 41.6 Å². The molecule has 0 saturated carbocycles.